The molecule has 0 N–H and O–H groups in total. The first-order chi connectivity index (χ1) is 11.7. The number of hydrogen-bond acceptors (Lipinski definition) is 3. The molecule has 4 nitrogen and oxygen atoms in total. The molecule has 0 unspecified atom stereocenters. The second kappa shape index (κ2) is 6.27. The van der Waals surface area contributed by atoms with Crippen LogP contribution in [0.5, 0.6) is 5.75 Å². The van der Waals surface area contributed by atoms with E-state index in [1.807, 2.05) is 17.0 Å². The Bertz CT molecular complexity index is 731. The number of hydrogen-bond donors (Lipinski definition) is 0. The molecule has 2 aliphatic rings. The average Bonchev–Trinajstić information content (AvgIpc) is 3.26. The molecule has 124 valence electrons. The highest BCUT2D eigenvalue weighted by Gasteiger charge is 2.47. The van der Waals surface area contributed by atoms with Gasteiger partial charge in [0.15, 0.2) is 0 Å². The molecule has 1 aliphatic heterocycles. The monoisotopic (exact) mass is 322 g/mol. The second-order valence-corrected chi connectivity index (χ2v) is 6.80. The maximum Gasteiger partial charge on any atom is 0.226 e. The summed E-state index contributed by atoms with van der Waals surface area (Å²) in [6.45, 7) is 3.62. The van der Waals surface area contributed by atoms with Crippen LogP contribution in [0.3, 0.4) is 0 Å². The van der Waals surface area contributed by atoms with Crippen molar-refractivity contribution < 1.29 is 9.53 Å². The molecule has 3 atom stereocenters. The Morgan fingerprint density at radius 2 is 2.00 bits per heavy atom. The topological polar surface area (TPSA) is 42.4 Å². The lowest BCUT2D eigenvalue weighted by Gasteiger charge is -2.17. The number of benzene rings is 1. The van der Waals surface area contributed by atoms with E-state index >= 15 is 0 Å². The number of likely N-dealkylation sites (tertiary alicyclic amines) is 1. The van der Waals surface area contributed by atoms with E-state index in [9.17, 15) is 4.79 Å². The third-order valence-corrected chi connectivity index (χ3v) is 5.10. The number of aromatic nitrogens is 1. The van der Waals surface area contributed by atoms with Crippen LogP contribution >= 0.6 is 0 Å². The van der Waals surface area contributed by atoms with Gasteiger partial charge in [-0.2, -0.15) is 0 Å². The minimum Gasteiger partial charge on any atom is -0.488 e. The maximum absolute atomic E-state index is 12.8. The molecule has 1 aliphatic carbocycles. The van der Waals surface area contributed by atoms with Crippen molar-refractivity contribution in [1.82, 2.24) is 9.88 Å². The van der Waals surface area contributed by atoms with Crippen LogP contribution in [0.15, 0.2) is 48.8 Å². The number of rotatable bonds is 4. The van der Waals surface area contributed by atoms with Crippen LogP contribution in [0.1, 0.15) is 29.9 Å². The maximum atomic E-state index is 12.8. The third kappa shape index (κ3) is 3.01. The summed E-state index contributed by atoms with van der Waals surface area (Å²) >= 11 is 0. The molecule has 0 spiro atoms. The predicted molar refractivity (Wildman–Crippen MR) is 91.9 cm³/mol. The van der Waals surface area contributed by atoms with Crippen molar-refractivity contribution in [1.29, 1.82) is 0 Å². The van der Waals surface area contributed by atoms with Crippen molar-refractivity contribution in [2.24, 2.45) is 5.92 Å². The summed E-state index contributed by atoms with van der Waals surface area (Å²) in [6.07, 6.45) is 5.42. The molecule has 1 aromatic carbocycles. The number of carbonyl (C=O) groups is 1. The summed E-state index contributed by atoms with van der Waals surface area (Å²) in [5.41, 5.74) is 2.62. The molecule has 4 rings (SSSR count). The van der Waals surface area contributed by atoms with E-state index in [1.165, 1.54) is 11.1 Å². The Morgan fingerprint density at radius 3 is 2.79 bits per heavy atom. The SMILES string of the molecule is Cc1ccccc1[C@@H]1C[C@H]1C(=O)N1CC[C@H](Oc2ccncc2)C1. The molecule has 0 bridgehead atoms. The first-order valence-corrected chi connectivity index (χ1v) is 8.63. The van der Waals surface area contributed by atoms with E-state index in [0.29, 0.717) is 18.4 Å². The number of pyridine rings is 1. The molecule has 2 heterocycles. The van der Waals surface area contributed by atoms with Gasteiger partial charge in [0.25, 0.3) is 0 Å². The first-order valence-electron chi connectivity index (χ1n) is 8.63. The summed E-state index contributed by atoms with van der Waals surface area (Å²) < 4.78 is 5.95. The van der Waals surface area contributed by atoms with Gasteiger partial charge in [-0.15, -0.1) is 0 Å². The first kappa shape index (κ1) is 15.2. The van der Waals surface area contributed by atoms with Gasteiger partial charge in [-0.05, 0) is 42.5 Å². The van der Waals surface area contributed by atoms with Crippen LogP contribution in [0.4, 0.5) is 0 Å². The minimum atomic E-state index is 0.0898. The second-order valence-electron chi connectivity index (χ2n) is 6.80. The lowest BCUT2D eigenvalue weighted by Crippen LogP contribution is -2.32. The highest BCUT2D eigenvalue weighted by molar-refractivity contribution is 5.83. The van der Waals surface area contributed by atoms with E-state index in [2.05, 4.69) is 36.2 Å². The Hall–Kier alpha value is -2.36. The molecule has 1 aromatic heterocycles. The molecule has 1 amide bonds. The molecule has 2 aromatic rings. The summed E-state index contributed by atoms with van der Waals surface area (Å²) in [6, 6.07) is 12.1. The Balaban J connectivity index is 1.35. The van der Waals surface area contributed by atoms with Crippen molar-refractivity contribution >= 4 is 5.91 Å². The molecular weight excluding hydrogens is 300 g/mol. The predicted octanol–water partition coefficient (Wildman–Crippen LogP) is 3.17. The van der Waals surface area contributed by atoms with Crippen molar-refractivity contribution in [2.75, 3.05) is 13.1 Å². The van der Waals surface area contributed by atoms with Crippen LogP contribution in [-0.4, -0.2) is 35.0 Å². The molecular formula is C20H22N2O2. The lowest BCUT2D eigenvalue weighted by molar-refractivity contribution is -0.131. The molecule has 2 fully saturated rings. The normalized spacial score (nSPS) is 25.5. The van der Waals surface area contributed by atoms with Crippen LogP contribution in [0.2, 0.25) is 0 Å². The van der Waals surface area contributed by atoms with Gasteiger partial charge in [0.05, 0.1) is 6.54 Å². The number of amides is 1. The summed E-state index contributed by atoms with van der Waals surface area (Å²) in [5.74, 6) is 1.68. The van der Waals surface area contributed by atoms with Gasteiger partial charge in [0.2, 0.25) is 5.91 Å². The van der Waals surface area contributed by atoms with Crippen LogP contribution in [-0.2, 0) is 4.79 Å². The van der Waals surface area contributed by atoms with E-state index in [-0.39, 0.29) is 12.0 Å². The fraction of sp³-hybridized carbons (Fsp3) is 0.400. The van der Waals surface area contributed by atoms with Crippen molar-refractivity contribution in [3.8, 4) is 5.75 Å². The third-order valence-electron chi connectivity index (χ3n) is 5.10. The summed E-state index contributed by atoms with van der Waals surface area (Å²) in [7, 11) is 0. The largest absolute Gasteiger partial charge is 0.488 e. The number of ether oxygens (including phenoxy) is 1. The zero-order chi connectivity index (χ0) is 16.5. The van der Waals surface area contributed by atoms with Crippen molar-refractivity contribution in [2.45, 2.75) is 31.8 Å². The number of carbonyl (C=O) groups excluding carboxylic acids is 1. The number of nitrogens with zero attached hydrogens (tertiary/aromatic N) is 2. The lowest BCUT2D eigenvalue weighted by atomic mass is 10.0. The molecule has 1 saturated carbocycles. The molecule has 0 radical (unpaired) electrons. The van der Waals surface area contributed by atoms with Gasteiger partial charge < -0.3 is 9.64 Å². The Kier molecular flexibility index (Phi) is 3.97. The van der Waals surface area contributed by atoms with Crippen molar-refractivity contribution in [3.63, 3.8) is 0 Å². The van der Waals surface area contributed by atoms with Crippen molar-refractivity contribution in [3.05, 3.63) is 59.9 Å². The average molecular weight is 322 g/mol. The fourth-order valence-electron chi connectivity index (χ4n) is 3.68. The molecule has 4 heteroatoms. The van der Waals surface area contributed by atoms with Gasteiger partial charge in [0.1, 0.15) is 11.9 Å². The quantitative estimate of drug-likeness (QED) is 0.868. The minimum absolute atomic E-state index is 0.0898. The van der Waals surface area contributed by atoms with Crippen LogP contribution in [0.25, 0.3) is 0 Å². The molecule has 24 heavy (non-hydrogen) atoms. The number of aryl methyl sites for hydroxylation is 1. The van der Waals surface area contributed by atoms with Gasteiger partial charge in [-0.25, -0.2) is 0 Å². The highest BCUT2D eigenvalue weighted by Crippen LogP contribution is 2.49. The standard InChI is InChI=1S/C20H22N2O2/c1-14-4-2-3-5-17(14)18-12-19(18)20(23)22-11-8-16(13-22)24-15-6-9-21-10-7-15/h2-7,9-10,16,18-19H,8,11-13H2,1H3/t16-,18-,19+/m0/s1. The van der Waals surface area contributed by atoms with Gasteiger partial charge in [0, 0.05) is 31.3 Å². The molecule has 1 saturated heterocycles. The zero-order valence-corrected chi connectivity index (χ0v) is 13.9. The van der Waals surface area contributed by atoms with E-state index < -0.39 is 0 Å². The van der Waals surface area contributed by atoms with Gasteiger partial charge in [-0.1, -0.05) is 24.3 Å². The highest BCUT2D eigenvalue weighted by atomic mass is 16.5. The van der Waals surface area contributed by atoms with Gasteiger partial charge >= 0.3 is 0 Å². The zero-order valence-electron chi connectivity index (χ0n) is 13.9. The van der Waals surface area contributed by atoms with E-state index in [1.54, 1.807) is 12.4 Å². The smallest absolute Gasteiger partial charge is 0.226 e. The van der Waals surface area contributed by atoms with Crippen LogP contribution in [0, 0.1) is 12.8 Å². The Morgan fingerprint density at radius 1 is 1.21 bits per heavy atom. The van der Waals surface area contributed by atoms with Crippen LogP contribution < -0.4 is 4.74 Å². The summed E-state index contributed by atoms with van der Waals surface area (Å²) in [4.78, 5) is 18.7. The Labute approximate surface area is 142 Å². The summed E-state index contributed by atoms with van der Waals surface area (Å²) in [5, 5.41) is 0. The van der Waals surface area contributed by atoms with E-state index in [0.717, 1.165) is 25.1 Å². The fourth-order valence-corrected chi connectivity index (χ4v) is 3.68. The van der Waals surface area contributed by atoms with Gasteiger partial charge in [-0.3, -0.25) is 9.78 Å². The van der Waals surface area contributed by atoms with E-state index in [4.69, 9.17) is 4.74 Å².